The summed E-state index contributed by atoms with van der Waals surface area (Å²) in [5, 5.41) is 11.1. The molecule has 0 aliphatic carbocycles. The van der Waals surface area contributed by atoms with Crippen LogP contribution in [0.5, 0.6) is 0 Å². The number of rotatable bonds is 6. The van der Waals surface area contributed by atoms with Crippen molar-refractivity contribution in [2.45, 2.75) is 40.2 Å². The number of carbonyl (C=O) groups is 1. The predicted octanol–water partition coefficient (Wildman–Crippen LogP) is 2.98. The lowest BCUT2D eigenvalue weighted by atomic mass is 10.1. The third kappa shape index (κ3) is 3.99. The Bertz CT molecular complexity index is 893. The highest BCUT2D eigenvalue weighted by Gasteiger charge is 2.16. The van der Waals surface area contributed by atoms with Gasteiger partial charge in [0, 0.05) is 24.7 Å². The van der Waals surface area contributed by atoms with Gasteiger partial charge < -0.3 is 9.42 Å². The Morgan fingerprint density at radius 2 is 2.08 bits per heavy atom. The topological polar surface area (TPSA) is 87.9 Å². The van der Waals surface area contributed by atoms with E-state index in [2.05, 4.69) is 20.3 Å². The van der Waals surface area contributed by atoms with Crippen molar-refractivity contribution >= 4 is 5.91 Å². The standard InChI is InChI=1S/C19H23N5O2/c1-12-6-5-7-15(10-12)19-20-17(26-23-19)11-24(4)18(25)9-8-16-13(2)21-22-14(16)3/h5-7,10H,8-9,11H2,1-4H3,(H,21,22). The number of carbonyl (C=O) groups excluding carboxylic acids is 1. The van der Waals surface area contributed by atoms with E-state index in [9.17, 15) is 4.79 Å². The van der Waals surface area contributed by atoms with Crippen LogP contribution in [0, 0.1) is 20.8 Å². The van der Waals surface area contributed by atoms with E-state index in [4.69, 9.17) is 4.52 Å². The van der Waals surface area contributed by atoms with Crippen molar-refractivity contribution in [3.63, 3.8) is 0 Å². The van der Waals surface area contributed by atoms with Gasteiger partial charge in [-0.3, -0.25) is 9.89 Å². The number of aromatic amines is 1. The van der Waals surface area contributed by atoms with Gasteiger partial charge >= 0.3 is 0 Å². The first-order valence-electron chi connectivity index (χ1n) is 8.58. The minimum absolute atomic E-state index is 0.0281. The Hall–Kier alpha value is -2.96. The molecule has 0 spiro atoms. The molecule has 0 unspecified atom stereocenters. The summed E-state index contributed by atoms with van der Waals surface area (Å²) in [4.78, 5) is 18.4. The Kier molecular flexibility index (Phi) is 5.16. The third-order valence-electron chi connectivity index (χ3n) is 4.41. The van der Waals surface area contributed by atoms with E-state index < -0.39 is 0 Å². The van der Waals surface area contributed by atoms with Crippen LogP contribution in [0.4, 0.5) is 0 Å². The Labute approximate surface area is 152 Å². The van der Waals surface area contributed by atoms with Crippen LogP contribution in [-0.4, -0.2) is 38.2 Å². The monoisotopic (exact) mass is 353 g/mol. The van der Waals surface area contributed by atoms with Crippen LogP contribution in [-0.2, 0) is 17.8 Å². The normalized spacial score (nSPS) is 10.9. The zero-order valence-corrected chi connectivity index (χ0v) is 15.5. The molecule has 0 fully saturated rings. The number of benzene rings is 1. The van der Waals surface area contributed by atoms with Crippen molar-refractivity contribution < 1.29 is 9.32 Å². The van der Waals surface area contributed by atoms with Crippen LogP contribution >= 0.6 is 0 Å². The second-order valence-electron chi connectivity index (χ2n) is 6.54. The molecule has 26 heavy (non-hydrogen) atoms. The SMILES string of the molecule is Cc1cccc(-c2noc(CN(C)C(=O)CCc3c(C)n[nH]c3C)n2)c1. The van der Waals surface area contributed by atoms with Crippen molar-refractivity contribution in [1.29, 1.82) is 0 Å². The molecule has 0 aliphatic rings. The molecule has 0 saturated heterocycles. The molecule has 2 heterocycles. The lowest BCUT2D eigenvalue weighted by Gasteiger charge is -2.14. The number of aromatic nitrogens is 4. The first-order valence-corrected chi connectivity index (χ1v) is 8.58. The summed E-state index contributed by atoms with van der Waals surface area (Å²) in [6.45, 7) is 6.22. The van der Waals surface area contributed by atoms with E-state index >= 15 is 0 Å². The maximum absolute atomic E-state index is 12.4. The van der Waals surface area contributed by atoms with E-state index in [1.807, 2.05) is 45.0 Å². The van der Waals surface area contributed by atoms with Crippen molar-refractivity contribution in [1.82, 2.24) is 25.2 Å². The van der Waals surface area contributed by atoms with Gasteiger partial charge in [0.05, 0.1) is 12.2 Å². The first kappa shape index (κ1) is 17.8. The molecule has 0 radical (unpaired) electrons. The fourth-order valence-electron chi connectivity index (χ4n) is 2.88. The zero-order chi connectivity index (χ0) is 18.7. The fourth-order valence-corrected chi connectivity index (χ4v) is 2.88. The number of nitrogens with zero attached hydrogens (tertiary/aromatic N) is 4. The Balaban J connectivity index is 1.59. The van der Waals surface area contributed by atoms with Gasteiger partial charge in [-0.05, 0) is 38.8 Å². The largest absolute Gasteiger partial charge is 0.337 e. The second-order valence-corrected chi connectivity index (χ2v) is 6.54. The van der Waals surface area contributed by atoms with Crippen LogP contribution in [0.15, 0.2) is 28.8 Å². The summed E-state index contributed by atoms with van der Waals surface area (Å²) < 4.78 is 5.30. The number of hydrogen-bond donors (Lipinski definition) is 1. The van der Waals surface area contributed by atoms with Crippen LogP contribution in [0.2, 0.25) is 0 Å². The molecule has 7 nitrogen and oxygen atoms in total. The van der Waals surface area contributed by atoms with Crippen LogP contribution in [0.25, 0.3) is 11.4 Å². The quantitative estimate of drug-likeness (QED) is 0.736. The summed E-state index contributed by atoms with van der Waals surface area (Å²) in [6.07, 6.45) is 1.08. The molecule has 0 atom stereocenters. The lowest BCUT2D eigenvalue weighted by Crippen LogP contribution is -2.26. The zero-order valence-electron chi connectivity index (χ0n) is 15.5. The van der Waals surface area contributed by atoms with E-state index in [0.717, 1.165) is 28.1 Å². The minimum atomic E-state index is 0.0281. The number of aryl methyl sites for hydroxylation is 3. The summed E-state index contributed by atoms with van der Waals surface area (Å²) in [7, 11) is 1.74. The molecule has 1 amide bonds. The van der Waals surface area contributed by atoms with Crippen LogP contribution in [0.1, 0.15) is 34.8 Å². The van der Waals surface area contributed by atoms with Gasteiger partial charge in [0.25, 0.3) is 0 Å². The highest BCUT2D eigenvalue weighted by molar-refractivity contribution is 5.76. The molecule has 3 aromatic rings. The summed E-state index contributed by atoms with van der Waals surface area (Å²) in [5.41, 5.74) is 5.09. The highest BCUT2D eigenvalue weighted by atomic mass is 16.5. The predicted molar refractivity (Wildman–Crippen MR) is 97.3 cm³/mol. The Morgan fingerprint density at radius 1 is 1.27 bits per heavy atom. The number of H-pyrrole nitrogens is 1. The Morgan fingerprint density at radius 3 is 2.77 bits per heavy atom. The molecule has 2 aromatic heterocycles. The van der Waals surface area contributed by atoms with Crippen molar-refractivity contribution in [3.8, 4) is 11.4 Å². The summed E-state index contributed by atoms with van der Waals surface area (Å²) >= 11 is 0. The molecule has 1 N–H and O–H groups in total. The van der Waals surface area contributed by atoms with Crippen molar-refractivity contribution in [2.75, 3.05) is 7.05 Å². The fraction of sp³-hybridized carbons (Fsp3) is 0.368. The molecular weight excluding hydrogens is 330 g/mol. The van der Waals surface area contributed by atoms with E-state index in [0.29, 0.717) is 31.1 Å². The summed E-state index contributed by atoms with van der Waals surface area (Å²) in [5.74, 6) is 0.988. The second kappa shape index (κ2) is 7.51. The first-order chi connectivity index (χ1) is 12.4. The maximum Gasteiger partial charge on any atom is 0.246 e. The van der Waals surface area contributed by atoms with Gasteiger partial charge in [0.15, 0.2) is 0 Å². The van der Waals surface area contributed by atoms with Gasteiger partial charge in [-0.15, -0.1) is 0 Å². The molecule has 0 bridgehead atoms. The van der Waals surface area contributed by atoms with Crippen molar-refractivity contribution in [2.24, 2.45) is 0 Å². The minimum Gasteiger partial charge on any atom is -0.337 e. The summed E-state index contributed by atoms with van der Waals surface area (Å²) in [6, 6.07) is 7.90. The maximum atomic E-state index is 12.4. The molecule has 136 valence electrons. The number of amides is 1. The molecule has 3 rings (SSSR count). The van der Waals surface area contributed by atoms with Gasteiger partial charge in [0.1, 0.15) is 0 Å². The van der Waals surface area contributed by atoms with Crippen molar-refractivity contribution in [3.05, 3.63) is 52.7 Å². The van der Waals surface area contributed by atoms with Crippen LogP contribution in [0.3, 0.4) is 0 Å². The number of nitrogens with one attached hydrogen (secondary N) is 1. The van der Waals surface area contributed by atoms with Gasteiger partial charge in [-0.1, -0.05) is 28.9 Å². The average Bonchev–Trinajstić information content (AvgIpc) is 3.20. The highest BCUT2D eigenvalue weighted by Crippen LogP contribution is 2.18. The van der Waals surface area contributed by atoms with Crippen LogP contribution < -0.4 is 0 Å². The molecular formula is C19H23N5O2. The van der Waals surface area contributed by atoms with Gasteiger partial charge in [-0.25, -0.2) is 0 Å². The van der Waals surface area contributed by atoms with E-state index in [1.54, 1.807) is 11.9 Å². The van der Waals surface area contributed by atoms with E-state index in [1.165, 1.54) is 0 Å². The van der Waals surface area contributed by atoms with Gasteiger partial charge in [0.2, 0.25) is 17.6 Å². The average molecular weight is 353 g/mol. The third-order valence-corrected chi connectivity index (χ3v) is 4.41. The molecule has 0 saturated carbocycles. The lowest BCUT2D eigenvalue weighted by molar-refractivity contribution is -0.130. The molecule has 7 heteroatoms. The molecule has 1 aromatic carbocycles. The van der Waals surface area contributed by atoms with E-state index in [-0.39, 0.29) is 5.91 Å². The molecule has 0 aliphatic heterocycles. The number of hydrogen-bond acceptors (Lipinski definition) is 5. The van der Waals surface area contributed by atoms with Gasteiger partial charge in [-0.2, -0.15) is 10.1 Å². The smallest absolute Gasteiger partial charge is 0.246 e.